The summed E-state index contributed by atoms with van der Waals surface area (Å²) < 4.78 is 9.65. The molecule has 0 bridgehead atoms. The Kier molecular flexibility index (Phi) is 5.07. The Hall–Kier alpha value is -1.97. The van der Waals surface area contributed by atoms with E-state index in [4.69, 9.17) is 4.74 Å². The zero-order valence-electron chi connectivity index (χ0n) is 10.3. The highest BCUT2D eigenvalue weighted by Gasteiger charge is 2.01. The molecule has 0 aromatic heterocycles. The number of allylic oxidation sites excluding steroid dienone is 1. The molecule has 1 aromatic carbocycles. The Morgan fingerprint density at radius 2 is 1.94 bits per heavy atom. The summed E-state index contributed by atoms with van der Waals surface area (Å²) in [6.45, 7) is 1.96. The lowest BCUT2D eigenvalue weighted by atomic mass is 10.2. The van der Waals surface area contributed by atoms with E-state index in [0.29, 0.717) is 0 Å². The summed E-state index contributed by atoms with van der Waals surface area (Å²) in [6, 6.07) is 7.49. The van der Waals surface area contributed by atoms with E-state index in [1.54, 1.807) is 7.11 Å². The molecule has 0 fully saturated rings. The van der Waals surface area contributed by atoms with Gasteiger partial charge in [-0.3, -0.25) is 0 Å². The van der Waals surface area contributed by atoms with E-state index >= 15 is 0 Å². The molecule has 0 heterocycles. The maximum atomic E-state index is 11.1. The van der Waals surface area contributed by atoms with E-state index in [1.807, 2.05) is 31.2 Å². The highest BCUT2D eigenvalue weighted by atomic mass is 16.5. The molecule has 92 valence electrons. The van der Waals surface area contributed by atoms with Crippen LogP contribution in [0.25, 0.3) is 0 Å². The van der Waals surface area contributed by atoms with E-state index in [1.165, 1.54) is 13.2 Å². The molecule has 0 atom stereocenters. The van der Waals surface area contributed by atoms with Crippen LogP contribution in [0.1, 0.15) is 13.3 Å². The summed E-state index contributed by atoms with van der Waals surface area (Å²) in [5, 5.41) is 3.15. The van der Waals surface area contributed by atoms with Gasteiger partial charge in [-0.05, 0) is 30.7 Å². The Balaban J connectivity index is 2.73. The molecule has 17 heavy (non-hydrogen) atoms. The van der Waals surface area contributed by atoms with Crippen LogP contribution in [0.5, 0.6) is 5.75 Å². The second-order valence-electron chi connectivity index (χ2n) is 3.40. The first-order chi connectivity index (χ1) is 8.19. The molecule has 0 saturated heterocycles. The Labute approximate surface area is 101 Å². The first-order valence-corrected chi connectivity index (χ1v) is 5.39. The van der Waals surface area contributed by atoms with Crippen molar-refractivity contribution in [2.45, 2.75) is 13.3 Å². The summed E-state index contributed by atoms with van der Waals surface area (Å²) in [5.41, 5.74) is 1.71. The molecule has 0 aliphatic rings. The monoisotopic (exact) mass is 235 g/mol. The number of hydrogen-bond donors (Lipinski definition) is 1. The number of benzene rings is 1. The Morgan fingerprint density at radius 3 is 2.41 bits per heavy atom. The second kappa shape index (κ2) is 6.58. The Morgan fingerprint density at radius 1 is 1.29 bits per heavy atom. The largest absolute Gasteiger partial charge is 0.497 e. The fourth-order valence-corrected chi connectivity index (χ4v) is 1.29. The lowest BCUT2D eigenvalue weighted by Crippen LogP contribution is -2.03. The first-order valence-electron chi connectivity index (χ1n) is 5.39. The van der Waals surface area contributed by atoms with E-state index in [-0.39, 0.29) is 5.97 Å². The lowest BCUT2D eigenvalue weighted by molar-refractivity contribution is -0.134. The van der Waals surface area contributed by atoms with Crippen molar-refractivity contribution in [1.29, 1.82) is 0 Å². The van der Waals surface area contributed by atoms with Gasteiger partial charge in [-0.1, -0.05) is 6.92 Å². The van der Waals surface area contributed by atoms with Crippen LogP contribution in [-0.2, 0) is 9.53 Å². The number of carbonyl (C=O) groups excluding carboxylic acids is 1. The molecule has 4 heteroatoms. The Bertz CT molecular complexity index is 396. The van der Waals surface area contributed by atoms with E-state index in [2.05, 4.69) is 10.1 Å². The topological polar surface area (TPSA) is 47.6 Å². The van der Waals surface area contributed by atoms with Gasteiger partial charge in [0.05, 0.1) is 14.2 Å². The molecule has 0 aliphatic carbocycles. The molecular formula is C13H17NO3. The zero-order valence-corrected chi connectivity index (χ0v) is 10.3. The number of methoxy groups -OCH3 is 2. The van der Waals surface area contributed by atoms with Crippen molar-refractivity contribution >= 4 is 11.7 Å². The number of hydrogen-bond acceptors (Lipinski definition) is 4. The van der Waals surface area contributed by atoms with Crippen LogP contribution in [0, 0.1) is 0 Å². The summed E-state index contributed by atoms with van der Waals surface area (Å²) in [6.07, 6.45) is 2.17. The van der Waals surface area contributed by atoms with Crippen LogP contribution in [0.15, 0.2) is 36.0 Å². The number of anilines is 1. The van der Waals surface area contributed by atoms with Gasteiger partial charge in [0.15, 0.2) is 0 Å². The second-order valence-corrected chi connectivity index (χ2v) is 3.40. The maximum absolute atomic E-state index is 11.1. The van der Waals surface area contributed by atoms with Crippen LogP contribution in [0.2, 0.25) is 0 Å². The quantitative estimate of drug-likeness (QED) is 0.629. The summed E-state index contributed by atoms with van der Waals surface area (Å²) in [4.78, 5) is 11.1. The number of rotatable bonds is 5. The van der Waals surface area contributed by atoms with Crippen molar-refractivity contribution in [3.05, 3.63) is 36.0 Å². The highest BCUT2D eigenvalue weighted by Crippen LogP contribution is 2.17. The molecule has 4 nitrogen and oxygen atoms in total. The van der Waals surface area contributed by atoms with Crippen molar-refractivity contribution in [3.63, 3.8) is 0 Å². The number of carbonyl (C=O) groups is 1. The van der Waals surface area contributed by atoms with Crippen LogP contribution in [0.3, 0.4) is 0 Å². The first kappa shape index (κ1) is 13.1. The van der Waals surface area contributed by atoms with Gasteiger partial charge in [0.2, 0.25) is 0 Å². The molecule has 0 amide bonds. The fraction of sp³-hybridized carbons (Fsp3) is 0.308. The molecule has 1 aromatic rings. The molecule has 1 N–H and O–H groups in total. The van der Waals surface area contributed by atoms with Crippen LogP contribution >= 0.6 is 0 Å². The predicted octanol–water partition coefficient (Wildman–Crippen LogP) is 2.57. The summed E-state index contributed by atoms with van der Waals surface area (Å²) in [7, 11) is 2.98. The molecule has 0 aliphatic heterocycles. The minimum Gasteiger partial charge on any atom is -0.497 e. The molecule has 0 saturated carbocycles. The van der Waals surface area contributed by atoms with E-state index < -0.39 is 0 Å². The molecule has 0 spiro atoms. The van der Waals surface area contributed by atoms with Gasteiger partial charge in [-0.2, -0.15) is 0 Å². The average molecular weight is 235 g/mol. The van der Waals surface area contributed by atoms with Gasteiger partial charge >= 0.3 is 5.97 Å². The van der Waals surface area contributed by atoms with Crippen molar-refractivity contribution < 1.29 is 14.3 Å². The van der Waals surface area contributed by atoms with Crippen LogP contribution in [-0.4, -0.2) is 20.2 Å². The zero-order chi connectivity index (χ0) is 12.7. The smallest absolute Gasteiger partial charge is 0.332 e. The van der Waals surface area contributed by atoms with Crippen molar-refractivity contribution in [1.82, 2.24) is 0 Å². The third-order valence-corrected chi connectivity index (χ3v) is 2.27. The van der Waals surface area contributed by atoms with Crippen molar-refractivity contribution in [3.8, 4) is 5.75 Å². The van der Waals surface area contributed by atoms with E-state index in [0.717, 1.165) is 23.6 Å². The number of ether oxygens (including phenoxy) is 2. The van der Waals surface area contributed by atoms with E-state index in [9.17, 15) is 4.79 Å². The highest BCUT2D eigenvalue weighted by molar-refractivity contribution is 5.83. The summed E-state index contributed by atoms with van der Waals surface area (Å²) in [5.74, 6) is 0.438. The third-order valence-electron chi connectivity index (χ3n) is 2.27. The predicted molar refractivity (Wildman–Crippen MR) is 67.0 cm³/mol. The van der Waals surface area contributed by atoms with Gasteiger partial charge in [-0.15, -0.1) is 0 Å². The normalized spacial score (nSPS) is 10.9. The van der Waals surface area contributed by atoms with Crippen molar-refractivity contribution in [2.24, 2.45) is 0 Å². The lowest BCUT2D eigenvalue weighted by Gasteiger charge is -2.09. The number of esters is 1. The molecular weight excluding hydrogens is 218 g/mol. The molecule has 1 rings (SSSR count). The third kappa shape index (κ3) is 4.18. The fourth-order valence-electron chi connectivity index (χ4n) is 1.29. The van der Waals surface area contributed by atoms with Crippen molar-refractivity contribution in [2.75, 3.05) is 19.5 Å². The van der Waals surface area contributed by atoms with Gasteiger partial charge < -0.3 is 14.8 Å². The molecule has 0 radical (unpaired) electrons. The minimum absolute atomic E-state index is 0.358. The van der Waals surface area contributed by atoms with Gasteiger partial charge in [0, 0.05) is 17.5 Å². The van der Waals surface area contributed by atoms with Crippen LogP contribution < -0.4 is 10.1 Å². The standard InChI is InChI=1S/C13H17NO3/c1-4-10(9-13(15)17-3)14-11-5-7-12(16-2)8-6-11/h5-9,14H,4H2,1-3H3. The van der Waals surface area contributed by atoms with Crippen LogP contribution in [0.4, 0.5) is 5.69 Å². The van der Waals surface area contributed by atoms with Gasteiger partial charge in [-0.25, -0.2) is 4.79 Å². The summed E-state index contributed by atoms with van der Waals surface area (Å²) >= 11 is 0. The SMILES string of the molecule is CCC(=CC(=O)OC)Nc1ccc(OC)cc1. The average Bonchev–Trinajstić information content (AvgIpc) is 2.38. The van der Waals surface area contributed by atoms with Gasteiger partial charge in [0.1, 0.15) is 5.75 Å². The maximum Gasteiger partial charge on any atom is 0.332 e. The molecule has 0 unspecified atom stereocenters. The minimum atomic E-state index is -0.358. The van der Waals surface area contributed by atoms with Gasteiger partial charge in [0.25, 0.3) is 0 Å². The number of nitrogens with one attached hydrogen (secondary N) is 1.